The van der Waals surface area contributed by atoms with Crippen molar-refractivity contribution in [2.45, 2.75) is 19.4 Å². The van der Waals surface area contributed by atoms with Gasteiger partial charge in [-0.3, -0.25) is 9.59 Å². The SMILES string of the molecule is COCCCN1C(=O)C(O)=C(C(=O)c2ccc(C)o2)[C@H]1c1cccc(O)c1. The largest absolute Gasteiger partial charge is 0.508 e. The van der Waals surface area contributed by atoms with Crippen LogP contribution in [0.15, 0.2) is 52.1 Å². The van der Waals surface area contributed by atoms with Crippen molar-refractivity contribution in [3.63, 3.8) is 0 Å². The van der Waals surface area contributed by atoms with E-state index in [0.29, 0.717) is 24.4 Å². The Balaban J connectivity index is 2.04. The van der Waals surface area contributed by atoms with E-state index in [0.717, 1.165) is 0 Å². The summed E-state index contributed by atoms with van der Waals surface area (Å²) < 4.78 is 10.4. The van der Waals surface area contributed by atoms with Crippen LogP contribution in [0.3, 0.4) is 0 Å². The number of furan rings is 1. The lowest BCUT2D eigenvalue weighted by atomic mass is 9.95. The number of aromatic hydroxyl groups is 1. The summed E-state index contributed by atoms with van der Waals surface area (Å²) >= 11 is 0. The number of nitrogens with zero attached hydrogens (tertiary/aromatic N) is 1. The van der Waals surface area contributed by atoms with Crippen molar-refractivity contribution < 1.29 is 29.0 Å². The molecule has 0 saturated heterocycles. The predicted molar refractivity (Wildman–Crippen MR) is 96.5 cm³/mol. The first-order valence-electron chi connectivity index (χ1n) is 8.57. The number of aliphatic hydroxyl groups excluding tert-OH is 1. The van der Waals surface area contributed by atoms with Crippen molar-refractivity contribution in [3.05, 3.63) is 64.8 Å². The van der Waals surface area contributed by atoms with Crippen LogP contribution in [-0.4, -0.2) is 47.1 Å². The number of rotatable bonds is 7. The maximum absolute atomic E-state index is 13.0. The average Bonchev–Trinajstić information content (AvgIpc) is 3.18. The summed E-state index contributed by atoms with van der Waals surface area (Å²) in [5, 5.41) is 20.3. The summed E-state index contributed by atoms with van der Waals surface area (Å²) in [7, 11) is 1.56. The Morgan fingerprint density at radius 1 is 1.26 bits per heavy atom. The monoisotopic (exact) mass is 371 g/mol. The molecule has 1 aliphatic heterocycles. The Hall–Kier alpha value is -3.06. The molecule has 1 aliphatic rings. The minimum Gasteiger partial charge on any atom is -0.508 e. The van der Waals surface area contributed by atoms with Crippen LogP contribution < -0.4 is 0 Å². The fourth-order valence-corrected chi connectivity index (χ4v) is 3.23. The quantitative estimate of drug-likeness (QED) is 0.573. The summed E-state index contributed by atoms with van der Waals surface area (Å²) in [6.07, 6.45) is 0.534. The van der Waals surface area contributed by atoms with Gasteiger partial charge in [-0.15, -0.1) is 0 Å². The van der Waals surface area contributed by atoms with E-state index in [4.69, 9.17) is 9.15 Å². The van der Waals surface area contributed by atoms with Crippen molar-refractivity contribution in [1.82, 2.24) is 4.90 Å². The summed E-state index contributed by atoms with van der Waals surface area (Å²) in [6, 6.07) is 8.62. The third-order valence-electron chi connectivity index (χ3n) is 4.45. The summed E-state index contributed by atoms with van der Waals surface area (Å²) in [4.78, 5) is 27.0. The van der Waals surface area contributed by atoms with Crippen LogP contribution in [0.1, 0.15) is 34.3 Å². The van der Waals surface area contributed by atoms with Gasteiger partial charge in [0.05, 0.1) is 11.6 Å². The van der Waals surface area contributed by atoms with Crippen molar-refractivity contribution in [2.75, 3.05) is 20.3 Å². The molecular formula is C20H21NO6. The number of phenolic OH excluding ortho intramolecular Hbond substituents is 1. The van der Waals surface area contributed by atoms with Gasteiger partial charge in [-0.25, -0.2) is 0 Å². The van der Waals surface area contributed by atoms with Crippen LogP contribution in [-0.2, 0) is 9.53 Å². The molecule has 2 N–H and O–H groups in total. The number of amides is 1. The molecule has 0 fully saturated rings. The molecule has 1 atom stereocenters. The second-order valence-electron chi connectivity index (χ2n) is 6.34. The topological polar surface area (TPSA) is 100 Å². The highest BCUT2D eigenvalue weighted by Gasteiger charge is 2.44. The molecule has 0 unspecified atom stereocenters. The fourth-order valence-electron chi connectivity index (χ4n) is 3.23. The van der Waals surface area contributed by atoms with E-state index in [2.05, 4.69) is 0 Å². The van der Waals surface area contributed by atoms with Crippen LogP contribution >= 0.6 is 0 Å². The van der Waals surface area contributed by atoms with Gasteiger partial charge in [-0.1, -0.05) is 12.1 Å². The zero-order valence-electron chi connectivity index (χ0n) is 15.1. The molecule has 1 aromatic carbocycles. The smallest absolute Gasteiger partial charge is 0.290 e. The predicted octanol–water partition coefficient (Wildman–Crippen LogP) is 2.91. The Bertz CT molecular complexity index is 897. The number of benzene rings is 1. The Kier molecular flexibility index (Phi) is 5.32. The van der Waals surface area contributed by atoms with Gasteiger partial charge in [0.1, 0.15) is 11.5 Å². The normalized spacial score (nSPS) is 17.0. The second-order valence-corrected chi connectivity index (χ2v) is 6.34. The number of phenols is 1. The standard InChI is InChI=1S/C20H21NO6/c1-12-7-8-15(27-12)18(23)16-17(13-5-3-6-14(22)11-13)21(9-4-10-26-2)20(25)19(16)24/h3,5-8,11,17,22,24H,4,9-10H2,1-2H3/t17-/m1/s1. The Labute approximate surface area is 156 Å². The third-order valence-corrected chi connectivity index (χ3v) is 4.45. The van der Waals surface area contributed by atoms with Gasteiger partial charge in [-0.05, 0) is 43.2 Å². The van der Waals surface area contributed by atoms with Gasteiger partial charge in [0.15, 0.2) is 11.5 Å². The number of carbonyl (C=O) groups is 2. The van der Waals surface area contributed by atoms with Crippen molar-refractivity contribution in [1.29, 1.82) is 0 Å². The van der Waals surface area contributed by atoms with Gasteiger partial charge in [0.2, 0.25) is 5.78 Å². The van der Waals surface area contributed by atoms with E-state index in [-0.39, 0.29) is 23.6 Å². The maximum Gasteiger partial charge on any atom is 0.290 e. The molecule has 2 heterocycles. The third kappa shape index (κ3) is 3.59. The van der Waals surface area contributed by atoms with Crippen LogP contribution in [0.4, 0.5) is 0 Å². The summed E-state index contributed by atoms with van der Waals surface area (Å²) in [6.45, 7) is 2.41. The molecule has 1 amide bonds. The van der Waals surface area contributed by atoms with Crippen LogP contribution in [0.2, 0.25) is 0 Å². The van der Waals surface area contributed by atoms with E-state index < -0.39 is 23.5 Å². The van der Waals surface area contributed by atoms with Gasteiger partial charge in [0.25, 0.3) is 5.91 Å². The molecule has 0 bridgehead atoms. The average molecular weight is 371 g/mol. The first-order valence-corrected chi connectivity index (χ1v) is 8.57. The van der Waals surface area contributed by atoms with E-state index in [1.54, 1.807) is 32.2 Å². The summed E-state index contributed by atoms with van der Waals surface area (Å²) in [5.41, 5.74) is 0.466. The maximum atomic E-state index is 13.0. The number of aryl methyl sites for hydroxylation is 1. The highest BCUT2D eigenvalue weighted by molar-refractivity contribution is 6.15. The molecule has 142 valence electrons. The van der Waals surface area contributed by atoms with E-state index >= 15 is 0 Å². The number of methoxy groups -OCH3 is 1. The van der Waals surface area contributed by atoms with Crippen molar-refractivity contribution >= 4 is 11.7 Å². The molecule has 27 heavy (non-hydrogen) atoms. The summed E-state index contributed by atoms with van der Waals surface area (Å²) in [5.74, 6) is -1.19. The van der Waals surface area contributed by atoms with Crippen molar-refractivity contribution in [3.8, 4) is 5.75 Å². The molecule has 0 aliphatic carbocycles. The molecule has 7 heteroatoms. The van der Waals surface area contributed by atoms with E-state index in [9.17, 15) is 19.8 Å². The molecule has 2 aromatic rings. The van der Waals surface area contributed by atoms with Gasteiger partial charge in [0, 0.05) is 20.3 Å². The van der Waals surface area contributed by atoms with Crippen LogP contribution in [0.5, 0.6) is 5.75 Å². The highest BCUT2D eigenvalue weighted by Crippen LogP contribution is 2.39. The number of hydrogen-bond acceptors (Lipinski definition) is 6. The number of carbonyl (C=O) groups excluding carboxylic acids is 2. The van der Waals surface area contributed by atoms with Gasteiger partial charge in [-0.2, -0.15) is 0 Å². The van der Waals surface area contributed by atoms with E-state index in [1.807, 2.05) is 0 Å². The van der Waals surface area contributed by atoms with E-state index in [1.165, 1.54) is 23.1 Å². The lowest BCUT2D eigenvalue weighted by Gasteiger charge is -2.26. The lowest BCUT2D eigenvalue weighted by molar-refractivity contribution is -0.129. The minimum atomic E-state index is -0.820. The fraction of sp³-hybridized carbons (Fsp3) is 0.300. The van der Waals surface area contributed by atoms with Gasteiger partial charge >= 0.3 is 0 Å². The van der Waals surface area contributed by atoms with Gasteiger partial charge < -0.3 is 24.3 Å². The highest BCUT2D eigenvalue weighted by atomic mass is 16.5. The number of hydrogen-bond donors (Lipinski definition) is 2. The Morgan fingerprint density at radius 2 is 2.04 bits per heavy atom. The van der Waals surface area contributed by atoms with Crippen LogP contribution in [0, 0.1) is 6.92 Å². The molecular weight excluding hydrogens is 350 g/mol. The number of ketones is 1. The molecule has 1 aromatic heterocycles. The number of Topliss-reactive ketones (excluding diaryl/α,β-unsaturated/α-hetero) is 1. The molecule has 0 radical (unpaired) electrons. The minimum absolute atomic E-state index is 0.00354. The zero-order valence-corrected chi connectivity index (χ0v) is 15.1. The molecule has 7 nitrogen and oxygen atoms in total. The zero-order chi connectivity index (χ0) is 19.6. The van der Waals surface area contributed by atoms with Crippen molar-refractivity contribution in [2.24, 2.45) is 0 Å². The Morgan fingerprint density at radius 3 is 2.67 bits per heavy atom. The second kappa shape index (κ2) is 7.67. The molecule has 3 rings (SSSR count). The number of aliphatic hydroxyl groups is 1. The van der Waals surface area contributed by atoms with Crippen LogP contribution in [0.25, 0.3) is 0 Å². The molecule has 0 saturated carbocycles. The first-order chi connectivity index (χ1) is 12.9. The lowest BCUT2D eigenvalue weighted by Crippen LogP contribution is -2.32. The first kappa shape index (κ1) is 18.7. The molecule has 0 spiro atoms. The number of ether oxygens (including phenoxy) is 1.